The Kier molecular flexibility index (Phi) is 7.66. The van der Waals surface area contributed by atoms with Gasteiger partial charge >= 0.3 is 211 Å². The molecule has 4 heteroatoms. The number of halogens is 1. The van der Waals surface area contributed by atoms with Crippen molar-refractivity contribution in [2.75, 3.05) is 6.16 Å². The van der Waals surface area contributed by atoms with Crippen molar-refractivity contribution in [3.8, 4) is 0 Å². The van der Waals surface area contributed by atoms with Crippen molar-refractivity contribution in [1.29, 1.82) is 0 Å². The third-order valence-electron chi connectivity index (χ3n) is 6.70. The summed E-state index contributed by atoms with van der Waals surface area (Å²) in [4.78, 5) is 12.0. The molecule has 0 aliphatic carbocycles. The van der Waals surface area contributed by atoms with Crippen molar-refractivity contribution in [2.45, 2.75) is 25.2 Å². The van der Waals surface area contributed by atoms with Crippen LogP contribution >= 0.6 is 20.8 Å². The van der Waals surface area contributed by atoms with Crippen molar-refractivity contribution >= 4 is 42.7 Å². The monoisotopic (exact) mass is 532 g/mol. The van der Waals surface area contributed by atoms with E-state index in [-0.39, 0.29) is 0 Å². The Hall–Kier alpha value is -2.74. The summed E-state index contributed by atoms with van der Waals surface area (Å²) in [5.74, 6) is -1.23. The number of hydrogen-bond donors (Lipinski definition) is 1. The van der Waals surface area contributed by atoms with Gasteiger partial charge in [-0.3, -0.25) is 0 Å². The van der Waals surface area contributed by atoms with E-state index >= 15 is 0 Å². The van der Waals surface area contributed by atoms with Gasteiger partial charge < -0.3 is 0 Å². The predicted molar refractivity (Wildman–Crippen MR) is 150 cm³/mol. The van der Waals surface area contributed by atoms with E-state index in [0.717, 1.165) is 24.6 Å². The normalized spacial score (nSPS) is 13.5. The van der Waals surface area contributed by atoms with Crippen LogP contribution < -0.4 is 15.9 Å². The minimum absolute atomic E-state index is 0.479. The van der Waals surface area contributed by atoms with E-state index in [4.69, 9.17) is 0 Å². The van der Waals surface area contributed by atoms with Gasteiger partial charge in [0.1, 0.15) is 0 Å². The molecule has 2 nitrogen and oxygen atoms in total. The van der Waals surface area contributed by atoms with Gasteiger partial charge in [-0.15, -0.1) is 0 Å². The quantitative estimate of drug-likeness (QED) is 0.179. The zero-order valence-electron chi connectivity index (χ0n) is 19.1. The molecule has 1 N–H and O–H groups in total. The average Bonchev–Trinajstić information content (AvgIpc) is 2.90. The van der Waals surface area contributed by atoms with Crippen LogP contribution in [0.2, 0.25) is 0 Å². The Labute approximate surface area is 210 Å². The Morgan fingerprint density at radius 2 is 1.03 bits per heavy atom. The number of carbonyl (C=O) groups is 1. The van der Waals surface area contributed by atoms with Gasteiger partial charge in [0.15, 0.2) is 0 Å². The van der Waals surface area contributed by atoms with Gasteiger partial charge in [-0.1, -0.05) is 0 Å². The molecule has 0 heterocycles. The van der Waals surface area contributed by atoms with Crippen LogP contribution in [0.4, 0.5) is 0 Å². The first kappa shape index (κ1) is 24.4. The molecule has 0 radical (unpaired) electrons. The van der Waals surface area contributed by atoms with E-state index in [9.17, 15) is 9.90 Å². The van der Waals surface area contributed by atoms with Crippen molar-refractivity contribution in [3.05, 3.63) is 127 Å². The second-order valence-corrected chi connectivity index (χ2v) is 17.8. The van der Waals surface area contributed by atoms with Gasteiger partial charge in [0.25, 0.3) is 0 Å². The second-order valence-electron chi connectivity index (χ2n) is 8.71. The molecule has 0 spiro atoms. The summed E-state index contributed by atoms with van der Waals surface area (Å²) >= 11 is 4.47. The summed E-state index contributed by atoms with van der Waals surface area (Å²) in [5.41, 5.74) is 0.875. The van der Waals surface area contributed by atoms with E-state index in [2.05, 4.69) is 106 Å². The Balaban J connectivity index is 1.70. The van der Waals surface area contributed by atoms with Crippen LogP contribution in [-0.4, -0.2) is 17.2 Å². The Morgan fingerprint density at radius 3 is 1.41 bits per heavy atom. The van der Waals surface area contributed by atoms with Crippen LogP contribution in [0.15, 0.2) is 121 Å². The van der Waals surface area contributed by atoms with Crippen LogP contribution in [0.5, 0.6) is 0 Å². The Morgan fingerprint density at radius 1 is 0.647 bits per heavy atom. The number of aliphatic carboxylic acids is 1. The van der Waals surface area contributed by atoms with Crippen molar-refractivity contribution in [1.82, 2.24) is 0 Å². The zero-order chi connectivity index (χ0) is 23.9. The summed E-state index contributed by atoms with van der Waals surface area (Å²) in [7, 11) is 0. The summed E-state index contributed by atoms with van der Waals surface area (Å²) in [6.07, 6.45) is 3.29. The van der Waals surface area contributed by atoms with Crippen LogP contribution in [0, 0.1) is 0 Å². The fourth-order valence-corrected chi connectivity index (χ4v) is 12.7. The Bertz CT molecular complexity index is 1100. The zero-order valence-corrected chi connectivity index (χ0v) is 21.6. The third-order valence-corrected chi connectivity index (χ3v) is 16.7. The van der Waals surface area contributed by atoms with E-state index in [1.54, 1.807) is 0 Å². The van der Waals surface area contributed by atoms with Gasteiger partial charge in [-0.25, -0.2) is 0 Å². The molecule has 0 aliphatic rings. The topological polar surface area (TPSA) is 37.3 Å². The van der Waals surface area contributed by atoms with Gasteiger partial charge in [0.05, 0.1) is 0 Å². The molecule has 34 heavy (non-hydrogen) atoms. The first-order chi connectivity index (χ1) is 16.5. The van der Waals surface area contributed by atoms with Gasteiger partial charge in [-0.2, -0.15) is 0 Å². The van der Waals surface area contributed by atoms with E-state index < -0.39 is 17.2 Å². The molecule has 0 saturated heterocycles. The SMILES string of the molecule is O=C(O)C(CCCCP(Br)(c1ccccc1)(c1ccccc1)c1ccccc1)c1ccccc1. The van der Waals surface area contributed by atoms with Crippen LogP contribution in [-0.2, 0) is 4.79 Å². The molecule has 1 unspecified atom stereocenters. The van der Waals surface area contributed by atoms with Crippen molar-refractivity contribution in [2.24, 2.45) is 0 Å². The molecule has 4 aromatic carbocycles. The maximum absolute atomic E-state index is 12.0. The van der Waals surface area contributed by atoms with Crippen LogP contribution in [0.3, 0.4) is 0 Å². The van der Waals surface area contributed by atoms with Gasteiger partial charge in [0, 0.05) is 0 Å². The molecule has 0 saturated carbocycles. The van der Waals surface area contributed by atoms with E-state index in [0.29, 0.717) is 6.42 Å². The number of hydrogen-bond acceptors (Lipinski definition) is 1. The predicted octanol–water partition coefficient (Wildman–Crippen LogP) is 6.86. The molecule has 4 rings (SSSR count). The molecule has 0 fully saturated rings. The van der Waals surface area contributed by atoms with Crippen LogP contribution in [0.25, 0.3) is 0 Å². The fourth-order valence-electron chi connectivity index (χ4n) is 4.93. The second kappa shape index (κ2) is 10.7. The van der Waals surface area contributed by atoms with Gasteiger partial charge in [0.2, 0.25) is 0 Å². The number of benzene rings is 4. The minimum atomic E-state index is -2.95. The molecule has 0 bridgehead atoms. The summed E-state index contributed by atoms with van der Waals surface area (Å²) in [6.45, 7) is 0. The molecule has 1 atom stereocenters. The van der Waals surface area contributed by atoms with E-state index in [1.165, 1.54) is 15.9 Å². The molecule has 4 aromatic rings. The molecular formula is C30H30BrO2P. The van der Waals surface area contributed by atoms with Crippen molar-refractivity contribution < 1.29 is 9.90 Å². The van der Waals surface area contributed by atoms with Crippen LogP contribution in [0.1, 0.15) is 30.7 Å². The summed E-state index contributed by atoms with van der Waals surface area (Å²) in [5, 5.41) is 10.8. The molecule has 0 aliphatic heterocycles. The standard InChI is InChI=1S/C30H30BrO2P/c31-34(26-17-7-2-8-18-26,27-19-9-3-10-20-27,28-21-11-4-12-22-28)24-14-13-23-29(30(32)33)25-15-5-1-6-16-25/h1-12,15-22,29H,13-14,23-24H2,(H,32,33). The average molecular weight is 533 g/mol. The van der Waals surface area contributed by atoms with E-state index in [1.807, 2.05) is 30.3 Å². The first-order valence-electron chi connectivity index (χ1n) is 11.7. The number of carboxylic acid groups (broad SMARTS) is 1. The summed E-state index contributed by atoms with van der Waals surface area (Å²) < 4.78 is 0. The fraction of sp³-hybridized carbons (Fsp3) is 0.167. The van der Waals surface area contributed by atoms with Gasteiger partial charge in [-0.05, 0) is 0 Å². The van der Waals surface area contributed by atoms with Crippen molar-refractivity contribution in [3.63, 3.8) is 0 Å². The number of rotatable bonds is 10. The maximum atomic E-state index is 12.0. The first-order valence-corrected chi connectivity index (χ1v) is 16.2. The number of carboxylic acids is 1. The third kappa shape index (κ3) is 4.73. The molecular weight excluding hydrogens is 503 g/mol. The molecule has 0 aromatic heterocycles. The molecule has 174 valence electrons. The summed E-state index contributed by atoms with van der Waals surface area (Å²) in [6, 6.07) is 41.8. The number of unbranched alkanes of at least 4 members (excludes halogenated alkanes) is 1. The molecule has 0 amide bonds.